The molecule has 0 radical (unpaired) electrons. The number of para-hydroxylation sites is 1. The molecule has 2 aliphatic heterocycles. The van der Waals surface area contributed by atoms with Gasteiger partial charge in [0.2, 0.25) is 5.95 Å². The number of hydrogen-bond acceptors (Lipinski definition) is 12. The largest absolute Gasteiger partial charge is 1.00 e. The molecular weight excluding hydrogens is 560 g/mol. The van der Waals surface area contributed by atoms with E-state index in [-0.39, 0.29) is 25.1 Å². The number of hydrogen-bond donors (Lipinski definition) is 3. The molecule has 2 fully saturated rings. The molecule has 194 valence electrons. The highest BCUT2D eigenvalue weighted by atomic mass is 35.5. The van der Waals surface area contributed by atoms with E-state index in [2.05, 4.69) is 19.5 Å². The number of aliphatic hydroxyl groups excluding tert-OH is 1. The number of benzene rings is 1. The first-order valence-corrected chi connectivity index (χ1v) is 13.8. The van der Waals surface area contributed by atoms with Crippen molar-refractivity contribution < 1.29 is 34.5 Å². The Morgan fingerprint density at radius 3 is 2.89 bits per heavy atom. The van der Waals surface area contributed by atoms with Gasteiger partial charge in [-0.1, -0.05) is 41.0 Å². The zero-order chi connectivity index (χ0) is 25.6. The number of anilines is 1. The van der Waals surface area contributed by atoms with E-state index in [0.717, 1.165) is 0 Å². The Labute approximate surface area is 218 Å². The highest BCUT2D eigenvalue weighted by Gasteiger charge is 2.51. The summed E-state index contributed by atoms with van der Waals surface area (Å²) in [6.07, 6.45) is -4.12. The number of nitrogens with two attached hydrogens (primary N) is 1. The van der Waals surface area contributed by atoms with Crippen molar-refractivity contribution in [3.63, 3.8) is 0 Å². The molecule has 0 spiro atoms. The van der Waals surface area contributed by atoms with Crippen molar-refractivity contribution in [2.75, 3.05) is 24.7 Å². The van der Waals surface area contributed by atoms with Gasteiger partial charge in [-0.2, -0.15) is 4.98 Å². The van der Waals surface area contributed by atoms with E-state index in [4.69, 9.17) is 42.9 Å². The van der Waals surface area contributed by atoms with Crippen LogP contribution in [0.1, 0.15) is 14.1 Å². The molecule has 0 amide bonds. The quantitative estimate of drug-likeness (QED) is 0.209. The fourth-order valence-electron chi connectivity index (χ4n) is 3.87. The maximum atomic E-state index is 12.5. The normalized spacial score (nSPS) is 27.9. The van der Waals surface area contributed by atoms with Gasteiger partial charge in [-0.05, 0) is 18.6 Å². The molecule has 0 bridgehead atoms. The van der Waals surface area contributed by atoms with Crippen LogP contribution < -0.4 is 20.9 Å². The molecule has 0 saturated carbocycles. The van der Waals surface area contributed by atoms with E-state index in [0.29, 0.717) is 39.7 Å². The maximum Gasteiger partial charge on any atom is 1.00 e. The molecule has 36 heavy (non-hydrogen) atoms. The van der Waals surface area contributed by atoms with Crippen LogP contribution in [0.2, 0.25) is 10.0 Å². The van der Waals surface area contributed by atoms with Crippen molar-refractivity contribution in [1.29, 1.82) is 0 Å². The Morgan fingerprint density at radius 1 is 1.39 bits per heavy atom. The van der Waals surface area contributed by atoms with Crippen molar-refractivity contribution in [2.24, 2.45) is 0 Å². The standard InChI is InChI=1S/C19H20Cl2N5O8PS/c20-8-3-1-4-9(21)13(8)31-5-2-6-36-19-23-11-15(24-18(22)25-16(11)28)26(19)17-12(27)14-10(33-17)7-32-35(29,30)34-14/h1,3-4,10,12,14,17,27H,2,5-7H2,(H,29,30)(H3,22,24,25,28)/t10?,12?,14-,17-/m1/s1. The number of nitrogens with zero attached hydrogens (tertiary/aromatic N) is 3. The first kappa shape index (κ1) is 25.8. The summed E-state index contributed by atoms with van der Waals surface area (Å²) >= 11 is 13.5. The summed E-state index contributed by atoms with van der Waals surface area (Å²) < 4.78 is 34.3. The third-order valence-electron chi connectivity index (χ3n) is 5.43. The molecule has 2 saturated heterocycles. The summed E-state index contributed by atoms with van der Waals surface area (Å²) in [6.45, 7) is -0.0364. The van der Waals surface area contributed by atoms with Crippen LogP contribution >= 0.6 is 42.8 Å². The third-order valence-corrected chi connectivity index (χ3v) is 8.03. The number of aromatic amines is 1. The number of halogens is 2. The number of nitrogen functional groups attached to an aromatic ring is 1. The van der Waals surface area contributed by atoms with Crippen molar-refractivity contribution in [3.8, 4) is 5.75 Å². The lowest BCUT2D eigenvalue weighted by Crippen LogP contribution is -2.41. The van der Waals surface area contributed by atoms with Gasteiger partial charge in [-0.15, -0.1) is 0 Å². The second-order valence-electron chi connectivity index (χ2n) is 7.86. The molecule has 5 atom stereocenters. The minimum Gasteiger partial charge on any atom is -0.756 e. The number of nitrogens with one attached hydrogen (secondary N) is 1. The number of fused-ring (bicyclic) bond motifs is 2. The van der Waals surface area contributed by atoms with E-state index in [9.17, 15) is 19.4 Å². The Bertz CT molecular complexity index is 1390. The minimum atomic E-state index is -4.57. The minimum absolute atomic E-state index is 0. The SMILES string of the molecule is Nc1nc2c(nc(SCCCOc3c(Cl)cccc3Cl)n2[C@@H]2OC3COP(=O)([O-])O[C@H]3C2O)c(=O)[nH]1.[H+]. The van der Waals surface area contributed by atoms with Crippen LogP contribution in [0.4, 0.5) is 5.95 Å². The lowest BCUT2D eigenvalue weighted by Gasteiger charge is -2.34. The second kappa shape index (κ2) is 10.1. The van der Waals surface area contributed by atoms with Crippen LogP contribution in [0.15, 0.2) is 28.2 Å². The van der Waals surface area contributed by atoms with Crippen LogP contribution in [0.25, 0.3) is 11.2 Å². The molecule has 3 unspecified atom stereocenters. The first-order chi connectivity index (χ1) is 17.1. The summed E-state index contributed by atoms with van der Waals surface area (Å²) in [5.41, 5.74) is 5.19. The maximum absolute atomic E-state index is 12.5. The molecule has 17 heteroatoms. The first-order valence-electron chi connectivity index (χ1n) is 10.6. The molecular formula is C19H20Cl2N5O8PS. The van der Waals surface area contributed by atoms with E-state index in [1.54, 1.807) is 18.2 Å². The monoisotopic (exact) mass is 579 g/mol. The summed E-state index contributed by atoms with van der Waals surface area (Å²) in [6, 6.07) is 5.05. The molecule has 1 aromatic carbocycles. The van der Waals surface area contributed by atoms with Gasteiger partial charge in [0, 0.05) is 5.75 Å². The topological polar surface area (TPSA) is 187 Å². The molecule has 4 N–H and O–H groups in total. The number of rotatable bonds is 7. The van der Waals surface area contributed by atoms with Crippen molar-refractivity contribution in [2.45, 2.75) is 36.1 Å². The molecule has 2 aromatic heterocycles. The van der Waals surface area contributed by atoms with Crippen LogP contribution in [0.3, 0.4) is 0 Å². The van der Waals surface area contributed by atoms with Gasteiger partial charge in [-0.3, -0.25) is 18.9 Å². The van der Waals surface area contributed by atoms with Crippen molar-refractivity contribution in [1.82, 2.24) is 19.5 Å². The smallest absolute Gasteiger partial charge is 0.756 e. The number of imidazole rings is 1. The summed E-state index contributed by atoms with van der Waals surface area (Å²) in [5, 5.41) is 12.0. The lowest BCUT2D eigenvalue weighted by molar-refractivity contribution is -0.245. The van der Waals surface area contributed by atoms with Gasteiger partial charge in [0.15, 0.2) is 28.3 Å². The Kier molecular flexibility index (Phi) is 7.24. The molecule has 4 heterocycles. The lowest BCUT2D eigenvalue weighted by atomic mass is 10.1. The van der Waals surface area contributed by atoms with E-state index < -0.39 is 37.9 Å². The fraction of sp³-hybridized carbons (Fsp3) is 0.421. The van der Waals surface area contributed by atoms with Gasteiger partial charge >= 0.3 is 1.43 Å². The number of aromatic nitrogens is 4. The summed E-state index contributed by atoms with van der Waals surface area (Å²) in [4.78, 5) is 35.1. The predicted molar refractivity (Wildman–Crippen MR) is 129 cm³/mol. The molecule has 2 aliphatic rings. The highest BCUT2D eigenvalue weighted by molar-refractivity contribution is 7.99. The average molecular weight is 580 g/mol. The number of ether oxygens (including phenoxy) is 2. The molecule has 0 aliphatic carbocycles. The van der Waals surface area contributed by atoms with Gasteiger partial charge in [0.05, 0.1) is 23.3 Å². The number of H-pyrrole nitrogens is 1. The number of thioether (sulfide) groups is 1. The van der Waals surface area contributed by atoms with Gasteiger partial charge in [0.25, 0.3) is 13.4 Å². The molecule has 13 nitrogen and oxygen atoms in total. The van der Waals surface area contributed by atoms with Crippen molar-refractivity contribution in [3.05, 3.63) is 38.6 Å². The Hall–Kier alpha value is -1.87. The summed E-state index contributed by atoms with van der Waals surface area (Å²) in [7, 11) is -4.57. The van der Waals surface area contributed by atoms with Crippen LogP contribution in [-0.4, -0.2) is 61.9 Å². The second-order valence-corrected chi connectivity index (χ2v) is 11.1. The van der Waals surface area contributed by atoms with Crippen LogP contribution in [-0.2, 0) is 18.3 Å². The number of phosphoric acid groups is 1. The van der Waals surface area contributed by atoms with Crippen LogP contribution in [0, 0.1) is 0 Å². The van der Waals surface area contributed by atoms with E-state index in [1.165, 1.54) is 16.3 Å². The average Bonchev–Trinajstić information content (AvgIpc) is 3.32. The number of aliphatic hydroxyl groups is 1. The molecule has 3 aromatic rings. The zero-order valence-corrected chi connectivity index (χ0v) is 21.4. The Morgan fingerprint density at radius 2 is 2.14 bits per heavy atom. The zero-order valence-electron chi connectivity index (χ0n) is 19.2. The van der Waals surface area contributed by atoms with Gasteiger partial charge in [-0.25, -0.2) is 4.98 Å². The third kappa shape index (κ3) is 4.97. The van der Waals surface area contributed by atoms with Crippen LogP contribution in [0.5, 0.6) is 5.75 Å². The molecule has 5 rings (SSSR count). The Balaban J connectivity index is 0.00000320. The number of phosphoric ester groups is 1. The fourth-order valence-corrected chi connectivity index (χ4v) is 6.26. The van der Waals surface area contributed by atoms with Gasteiger partial charge in [0.1, 0.15) is 18.3 Å². The predicted octanol–water partition coefficient (Wildman–Crippen LogP) is 1.82. The summed E-state index contributed by atoms with van der Waals surface area (Å²) in [5.74, 6) is 0.695. The van der Waals surface area contributed by atoms with E-state index in [1.807, 2.05) is 0 Å². The van der Waals surface area contributed by atoms with Gasteiger partial charge < -0.3 is 34.3 Å². The van der Waals surface area contributed by atoms with Crippen molar-refractivity contribution >= 4 is 59.9 Å². The highest BCUT2D eigenvalue weighted by Crippen LogP contribution is 2.50. The van der Waals surface area contributed by atoms with E-state index >= 15 is 0 Å².